The summed E-state index contributed by atoms with van der Waals surface area (Å²) in [5.41, 5.74) is -1.36. The topological polar surface area (TPSA) is 99.3 Å². The Bertz CT molecular complexity index is 554. The van der Waals surface area contributed by atoms with Crippen molar-refractivity contribution in [2.24, 2.45) is 0 Å². The first-order chi connectivity index (χ1) is 7.99. The molecule has 0 aliphatic heterocycles. The zero-order valence-electron chi connectivity index (χ0n) is 9.14. The van der Waals surface area contributed by atoms with Crippen LogP contribution in [-0.2, 0) is 10.0 Å². The van der Waals surface area contributed by atoms with E-state index in [1.807, 2.05) is 0 Å². The van der Waals surface area contributed by atoms with Crippen molar-refractivity contribution in [3.63, 3.8) is 0 Å². The van der Waals surface area contributed by atoms with Crippen molar-refractivity contribution in [1.29, 1.82) is 0 Å². The molecule has 0 bridgehead atoms. The van der Waals surface area contributed by atoms with Crippen LogP contribution < -0.4 is 10.2 Å². The van der Waals surface area contributed by atoms with Crippen molar-refractivity contribution in [2.45, 2.75) is 29.7 Å². The second-order valence-corrected chi connectivity index (χ2v) is 5.92. The van der Waals surface area contributed by atoms with Crippen molar-refractivity contribution >= 4 is 10.0 Å². The lowest BCUT2D eigenvalue weighted by atomic mass is 9.78. The maximum absolute atomic E-state index is 12.0. The summed E-state index contributed by atoms with van der Waals surface area (Å²) >= 11 is 0. The van der Waals surface area contributed by atoms with Crippen LogP contribution in [0.2, 0.25) is 0 Å². The van der Waals surface area contributed by atoms with E-state index in [0.29, 0.717) is 12.8 Å². The Morgan fingerprint density at radius 2 is 2.18 bits per heavy atom. The van der Waals surface area contributed by atoms with Crippen LogP contribution in [0.15, 0.2) is 28.2 Å². The molecule has 1 fully saturated rings. The molecule has 1 aliphatic rings. The molecule has 0 amide bonds. The van der Waals surface area contributed by atoms with Crippen LogP contribution in [0.5, 0.6) is 0 Å². The smallest absolute Gasteiger partial charge is 0.246 e. The third-order valence-corrected chi connectivity index (χ3v) is 4.64. The maximum Gasteiger partial charge on any atom is 0.246 e. The molecule has 6 nitrogen and oxygen atoms in total. The third-order valence-electron chi connectivity index (χ3n) is 3.04. The second kappa shape index (κ2) is 4.25. The third kappa shape index (κ3) is 2.26. The Kier molecular flexibility index (Phi) is 3.07. The van der Waals surface area contributed by atoms with Gasteiger partial charge in [-0.1, -0.05) is 0 Å². The highest BCUT2D eigenvalue weighted by molar-refractivity contribution is 7.89. The summed E-state index contributed by atoms with van der Waals surface area (Å²) in [5, 5.41) is 9.20. The number of sulfonamides is 1. The van der Waals surface area contributed by atoms with Gasteiger partial charge in [0.15, 0.2) is 0 Å². The molecule has 2 rings (SSSR count). The van der Waals surface area contributed by atoms with Gasteiger partial charge in [-0.05, 0) is 19.3 Å². The Morgan fingerprint density at radius 3 is 2.65 bits per heavy atom. The monoisotopic (exact) mass is 258 g/mol. The lowest BCUT2D eigenvalue weighted by Gasteiger charge is -2.40. The SMILES string of the molecule is O=c1cc[nH]cc1S(=O)(=O)NC1(CO)CCC1. The highest BCUT2D eigenvalue weighted by atomic mass is 32.2. The van der Waals surface area contributed by atoms with E-state index in [9.17, 15) is 18.3 Å². The number of aromatic nitrogens is 1. The summed E-state index contributed by atoms with van der Waals surface area (Å²) in [4.78, 5) is 13.7. The van der Waals surface area contributed by atoms with Crippen LogP contribution in [0.1, 0.15) is 19.3 Å². The van der Waals surface area contributed by atoms with E-state index in [2.05, 4.69) is 9.71 Å². The summed E-state index contributed by atoms with van der Waals surface area (Å²) in [6.45, 7) is -0.253. The Balaban J connectivity index is 2.32. The van der Waals surface area contributed by atoms with Gasteiger partial charge < -0.3 is 10.1 Å². The van der Waals surface area contributed by atoms with E-state index in [0.717, 1.165) is 18.7 Å². The molecular formula is C10H14N2O4S. The number of aliphatic hydroxyl groups is 1. The van der Waals surface area contributed by atoms with E-state index in [-0.39, 0.29) is 11.5 Å². The molecule has 94 valence electrons. The Labute approximate surface area is 98.7 Å². The molecule has 3 N–H and O–H groups in total. The lowest BCUT2D eigenvalue weighted by molar-refractivity contribution is 0.110. The van der Waals surface area contributed by atoms with Gasteiger partial charge in [0.1, 0.15) is 4.90 Å². The number of aliphatic hydroxyl groups excluding tert-OH is 1. The summed E-state index contributed by atoms with van der Waals surface area (Å²) in [6, 6.07) is 1.15. The van der Waals surface area contributed by atoms with Gasteiger partial charge in [-0.25, -0.2) is 13.1 Å². The molecule has 0 atom stereocenters. The van der Waals surface area contributed by atoms with Crippen molar-refractivity contribution < 1.29 is 13.5 Å². The first kappa shape index (κ1) is 12.3. The number of hydrogen-bond acceptors (Lipinski definition) is 4. The minimum Gasteiger partial charge on any atom is -0.394 e. The molecule has 0 unspecified atom stereocenters. The van der Waals surface area contributed by atoms with E-state index in [4.69, 9.17) is 0 Å². The average molecular weight is 258 g/mol. The van der Waals surface area contributed by atoms with Crippen LogP contribution in [-0.4, -0.2) is 30.7 Å². The fourth-order valence-corrected chi connectivity index (χ4v) is 3.35. The molecular weight excluding hydrogens is 244 g/mol. The second-order valence-electron chi connectivity index (χ2n) is 4.27. The van der Waals surface area contributed by atoms with Crippen LogP contribution in [0.3, 0.4) is 0 Å². The molecule has 1 aromatic heterocycles. The number of aromatic amines is 1. The maximum atomic E-state index is 12.0. The van der Waals surface area contributed by atoms with E-state index < -0.39 is 21.0 Å². The van der Waals surface area contributed by atoms with E-state index >= 15 is 0 Å². The minimum absolute atomic E-state index is 0.253. The molecule has 17 heavy (non-hydrogen) atoms. The zero-order chi connectivity index (χ0) is 12.5. The predicted octanol–water partition coefficient (Wildman–Crippen LogP) is -0.432. The van der Waals surface area contributed by atoms with Gasteiger partial charge in [-0.3, -0.25) is 4.79 Å². The zero-order valence-corrected chi connectivity index (χ0v) is 9.96. The molecule has 7 heteroatoms. The summed E-state index contributed by atoms with van der Waals surface area (Å²) in [7, 11) is -3.88. The van der Waals surface area contributed by atoms with E-state index in [1.54, 1.807) is 0 Å². The van der Waals surface area contributed by atoms with Crippen molar-refractivity contribution in [2.75, 3.05) is 6.61 Å². The van der Waals surface area contributed by atoms with Gasteiger partial charge in [-0.15, -0.1) is 0 Å². The average Bonchev–Trinajstić information content (AvgIpc) is 2.24. The molecule has 1 heterocycles. The largest absolute Gasteiger partial charge is 0.394 e. The van der Waals surface area contributed by atoms with E-state index in [1.165, 1.54) is 6.20 Å². The first-order valence-electron chi connectivity index (χ1n) is 5.31. The highest BCUT2D eigenvalue weighted by Crippen LogP contribution is 2.32. The Morgan fingerprint density at radius 1 is 1.47 bits per heavy atom. The summed E-state index contributed by atoms with van der Waals surface area (Å²) < 4.78 is 26.4. The number of hydrogen-bond donors (Lipinski definition) is 3. The van der Waals surface area contributed by atoms with Gasteiger partial charge in [0.2, 0.25) is 15.5 Å². The fraction of sp³-hybridized carbons (Fsp3) is 0.500. The van der Waals surface area contributed by atoms with Crippen molar-refractivity contribution in [1.82, 2.24) is 9.71 Å². The molecule has 0 saturated heterocycles. The number of H-pyrrole nitrogens is 1. The summed E-state index contributed by atoms with van der Waals surface area (Å²) in [6.07, 6.45) is 4.57. The first-order valence-corrected chi connectivity index (χ1v) is 6.79. The van der Waals surface area contributed by atoms with Crippen LogP contribution in [0.4, 0.5) is 0 Å². The lowest BCUT2D eigenvalue weighted by Crippen LogP contribution is -2.56. The molecule has 0 aromatic carbocycles. The standard InChI is InChI=1S/C10H14N2O4S/c13-7-10(3-1-4-10)12-17(15,16)9-6-11-5-2-8(9)14/h2,5-6,12-13H,1,3-4,7H2,(H,11,14). The quantitative estimate of drug-likeness (QED) is 0.682. The fourth-order valence-electron chi connectivity index (χ4n) is 1.85. The predicted molar refractivity (Wildman–Crippen MR) is 61.1 cm³/mol. The van der Waals surface area contributed by atoms with Crippen molar-refractivity contribution in [3.8, 4) is 0 Å². The minimum atomic E-state index is -3.88. The highest BCUT2D eigenvalue weighted by Gasteiger charge is 2.40. The Hall–Kier alpha value is -1.18. The van der Waals surface area contributed by atoms with Gasteiger partial charge in [0, 0.05) is 18.5 Å². The molecule has 0 spiro atoms. The summed E-state index contributed by atoms with van der Waals surface area (Å²) in [5.74, 6) is 0. The van der Waals surface area contributed by atoms with Gasteiger partial charge in [0.05, 0.1) is 12.1 Å². The van der Waals surface area contributed by atoms with Crippen LogP contribution in [0.25, 0.3) is 0 Å². The number of pyridine rings is 1. The van der Waals surface area contributed by atoms with Crippen LogP contribution >= 0.6 is 0 Å². The molecule has 1 aliphatic carbocycles. The number of rotatable bonds is 4. The normalized spacial score (nSPS) is 18.6. The van der Waals surface area contributed by atoms with Gasteiger partial charge >= 0.3 is 0 Å². The van der Waals surface area contributed by atoms with Gasteiger partial charge in [0.25, 0.3) is 0 Å². The number of nitrogens with one attached hydrogen (secondary N) is 2. The molecule has 1 aromatic rings. The molecule has 0 radical (unpaired) electrons. The van der Waals surface area contributed by atoms with Crippen LogP contribution in [0, 0.1) is 0 Å². The van der Waals surface area contributed by atoms with Crippen molar-refractivity contribution in [3.05, 3.63) is 28.7 Å². The molecule has 1 saturated carbocycles. The van der Waals surface area contributed by atoms with Gasteiger partial charge in [-0.2, -0.15) is 0 Å².